The molecule has 0 unspecified atom stereocenters. The van der Waals surface area contributed by atoms with Gasteiger partial charge >= 0.3 is 0 Å². The van der Waals surface area contributed by atoms with Crippen LogP contribution in [0.15, 0.2) is 30.5 Å². The van der Waals surface area contributed by atoms with Gasteiger partial charge in [0.05, 0.1) is 6.20 Å². The van der Waals surface area contributed by atoms with Crippen molar-refractivity contribution < 1.29 is 4.79 Å². The molecular formula is C14H14ClN3O. The van der Waals surface area contributed by atoms with Crippen LogP contribution in [0.2, 0.25) is 5.02 Å². The first-order chi connectivity index (χ1) is 9.15. The van der Waals surface area contributed by atoms with Crippen LogP contribution < -0.4 is 5.32 Å². The first kappa shape index (κ1) is 12.2. The number of hydrogen-bond donors (Lipinski definition) is 1. The van der Waals surface area contributed by atoms with Crippen LogP contribution in [-0.4, -0.2) is 15.7 Å². The molecule has 0 atom stereocenters. The first-order valence-electron chi connectivity index (χ1n) is 6.24. The Morgan fingerprint density at radius 3 is 2.68 bits per heavy atom. The third kappa shape index (κ3) is 2.49. The average Bonchev–Trinajstić information content (AvgIpc) is 3.15. The first-order valence-corrected chi connectivity index (χ1v) is 6.62. The fourth-order valence-electron chi connectivity index (χ4n) is 2.15. The molecule has 98 valence electrons. The van der Waals surface area contributed by atoms with E-state index in [4.69, 9.17) is 11.6 Å². The van der Waals surface area contributed by atoms with Crippen molar-refractivity contribution in [2.45, 2.75) is 18.8 Å². The van der Waals surface area contributed by atoms with Crippen LogP contribution in [0, 0.1) is 0 Å². The lowest BCUT2D eigenvalue weighted by Gasteiger charge is -2.07. The van der Waals surface area contributed by atoms with Crippen LogP contribution in [-0.2, 0) is 7.05 Å². The third-order valence-electron chi connectivity index (χ3n) is 3.30. The zero-order valence-corrected chi connectivity index (χ0v) is 11.3. The minimum atomic E-state index is -0.121. The molecule has 1 saturated carbocycles. The van der Waals surface area contributed by atoms with E-state index in [9.17, 15) is 4.79 Å². The lowest BCUT2D eigenvalue weighted by atomic mass is 10.1. The van der Waals surface area contributed by atoms with Gasteiger partial charge in [0.15, 0.2) is 0 Å². The average molecular weight is 276 g/mol. The highest BCUT2D eigenvalue weighted by Crippen LogP contribution is 2.41. The second-order valence-corrected chi connectivity index (χ2v) is 5.24. The molecule has 5 heteroatoms. The third-order valence-corrected chi connectivity index (χ3v) is 3.55. The molecule has 2 aromatic rings. The molecule has 1 amide bonds. The molecule has 0 bridgehead atoms. The predicted octanol–water partition coefficient (Wildman–Crippen LogP) is 3.20. The zero-order valence-electron chi connectivity index (χ0n) is 10.6. The molecule has 1 aliphatic carbocycles. The molecular weight excluding hydrogens is 262 g/mol. The van der Waals surface area contributed by atoms with Gasteiger partial charge in [-0.1, -0.05) is 11.6 Å². The van der Waals surface area contributed by atoms with Gasteiger partial charge in [0.25, 0.3) is 5.91 Å². The van der Waals surface area contributed by atoms with Gasteiger partial charge in [-0.2, -0.15) is 5.10 Å². The second-order valence-electron chi connectivity index (χ2n) is 4.81. The number of carbonyl (C=O) groups excluding carboxylic acids is 1. The number of hydrogen-bond acceptors (Lipinski definition) is 2. The minimum Gasteiger partial charge on any atom is -0.321 e. The number of rotatable bonds is 3. The highest BCUT2D eigenvalue weighted by Gasteiger charge is 2.30. The monoisotopic (exact) mass is 275 g/mol. The van der Waals surface area contributed by atoms with Crippen LogP contribution in [0.25, 0.3) is 0 Å². The summed E-state index contributed by atoms with van der Waals surface area (Å²) < 4.78 is 1.64. The Balaban J connectivity index is 1.84. The molecule has 3 rings (SSSR count). The quantitative estimate of drug-likeness (QED) is 0.935. The number of carbonyl (C=O) groups is 1. The van der Waals surface area contributed by atoms with E-state index in [1.807, 2.05) is 0 Å². The van der Waals surface area contributed by atoms with Gasteiger partial charge in [-0.3, -0.25) is 9.48 Å². The summed E-state index contributed by atoms with van der Waals surface area (Å²) in [6.45, 7) is 0. The van der Waals surface area contributed by atoms with E-state index in [1.54, 1.807) is 42.2 Å². The van der Waals surface area contributed by atoms with E-state index in [-0.39, 0.29) is 5.91 Å². The van der Waals surface area contributed by atoms with Gasteiger partial charge in [-0.25, -0.2) is 0 Å². The summed E-state index contributed by atoms with van der Waals surface area (Å²) in [5, 5.41) is 7.72. The second kappa shape index (κ2) is 4.70. The summed E-state index contributed by atoms with van der Waals surface area (Å²) in [6, 6.07) is 7.07. The summed E-state index contributed by atoms with van der Waals surface area (Å²) >= 11 is 5.82. The number of halogens is 1. The molecule has 1 aromatic heterocycles. The van der Waals surface area contributed by atoms with E-state index in [2.05, 4.69) is 10.4 Å². The van der Waals surface area contributed by atoms with Gasteiger partial charge in [0, 0.05) is 23.3 Å². The number of anilines is 1. The fourth-order valence-corrected chi connectivity index (χ4v) is 2.28. The standard InChI is InChI=1S/C14H14ClN3O/c1-18-13(12(8-16-18)9-2-3-9)14(19)17-11-6-4-10(15)5-7-11/h4-9H,2-3H2,1H3,(H,17,19). The maximum Gasteiger partial charge on any atom is 0.274 e. The maximum absolute atomic E-state index is 12.3. The van der Waals surface area contributed by atoms with Crippen LogP contribution in [0.1, 0.15) is 34.8 Å². The van der Waals surface area contributed by atoms with Crippen molar-refractivity contribution in [3.05, 3.63) is 46.7 Å². The smallest absolute Gasteiger partial charge is 0.274 e. The number of amides is 1. The molecule has 0 aliphatic heterocycles. The van der Waals surface area contributed by atoms with Gasteiger partial charge in [-0.05, 0) is 43.0 Å². The van der Waals surface area contributed by atoms with Crippen molar-refractivity contribution in [1.82, 2.24) is 9.78 Å². The maximum atomic E-state index is 12.3. The summed E-state index contributed by atoms with van der Waals surface area (Å²) in [5.41, 5.74) is 2.43. The van der Waals surface area contributed by atoms with Gasteiger partial charge in [0.2, 0.25) is 0 Å². The van der Waals surface area contributed by atoms with E-state index in [1.165, 1.54) is 0 Å². The van der Waals surface area contributed by atoms with Crippen molar-refractivity contribution in [1.29, 1.82) is 0 Å². The number of aryl methyl sites for hydroxylation is 1. The summed E-state index contributed by atoms with van der Waals surface area (Å²) in [6.07, 6.45) is 4.09. The van der Waals surface area contributed by atoms with Crippen molar-refractivity contribution >= 4 is 23.2 Å². The van der Waals surface area contributed by atoms with E-state index in [0.717, 1.165) is 24.1 Å². The van der Waals surface area contributed by atoms with Crippen molar-refractivity contribution in [2.75, 3.05) is 5.32 Å². The van der Waals surface area contributed by atoms with Gasteiger partial charge in [-0.15, -0.1) is 0 Å². The van der Waals surface area contributed by atoms with Gasteiger partial charge < -0.3 is 5.32 Å². The molecule has 1 aromatic carbocycles. The Bertz CT molecular complexity index is 614. The van der Waals surface area contributed by atoms with Crippen LogP contribution in [0.4, 0.5) is 5.69 Å². The summed E-state index contributed by atoms with van der Waals surface area (Å²) in [5.74, 6) is 0.379. The normalized spacial score (nSPS) is 14.4. The summed E-state index contributed by atoms with van der Waals surface area (Å²) in [4.78, 5) is 12.3. The Morgan fingerprint density at radius 2 is 2.05 bits per heavy atom. The van der Waals surface area contributed by atoms with Crippen molar-refractivity contribution in [3.63, 3.8) is 0 Å². The Labute approximate surface area is 116 Å². The number of benzene rings is 1. The molecule has 0 saturated heterocycles. The lowest BCUT2D eigenvalue weighted by molar-refractivity contribution is 0.101. The highest BCUT2D eigenvalue weighted by atomic mass is 35.5. The van der Waals surface area contributed by atoms with E-state index in [0.29, 0.717) is 16.6 Å². The van der Waals surface area contributed by atoms with Crippen molar-refractivity contribution in [2.24, 2.45) is 7.05 Å². The molecule has 0 radical (unpaired) electrons. The number of aromatic nitrogens is 2. The Kier molecular flexibility index (Phi) is 3.03. The predicted molar refractivity (Wildman–Crippen MR) is 74.6 cm³/mol. The lowest BCUT2D eigenvalue weighted by Crippen LogP contribution is -2.17. The van der Waals surface area contributed by atoms with Crippen LogP contribution in [0.5, 0.6) is 0 Å². The molecule has 1 aliphatic rings. The molecule has 1 N–H and O–H groups in total. The molecule has 1 heterocycles. The molecule has 19 heavy (non-hydrogen) atoms. The minimum absolute atomic E-state index is 0.121. The van der Waals surface area contributed by atoms with Crippen LogP contribution >= 0.6 is 11.6 Å². The molecule has 4 nitrogen and oxygen atoms in total. The molecule has 0 spiro atoms. The number of nitrogens with zero attached hydrogens (tertiary/aromatic N) is 2. The van der Waals surface area contributed by atoms with E-state index >= 15 is 0 Å². The topological polar surface area (TPSA) is 46.9 Å². The van der Waals surface area contributed by atoms with Gasteiger partial charge in [0.1, 0.15) is 5.69 Å². The largest absolute Gasteiger partial charge is 0.321 e. The van der Waals surface area contributed by atoms with E-state index < -0.39 is 0 Å². The zero-order chi connectivity index (χ0) is 13.4. The Hall–Kier alpha value is -1.81. The highest BCUT2D eigenvalue weighted by molar-refractivity contribution is 6.30. The fraction of sp³-hybridized carbons (Fsp3) is 0.286. The SMILES string of the molecule is Cn1ncc(C2CC2)c1C(=O)Nc1ccc(Cl)cc1. The summed E-state index contributed by atoms with van der Waals surface area (Å²) in [7, 11) is 1.79. The Morgan fingerprint density at radius 1 is 1.37 bits per heavy atom. The van der Waals surface area contributed by atoms with Crippen molar-refractivity contribution in [3.8, 4) is 0 Å². The molecule has 1 fully saturated rings. The number of nitrogens with one attached hydrogen (secondary N) is 1. The van der Waals surface area contributed by atoms with Crippen LogP contribution in [0.3, 0.4) is 0 Å².